The van der Waals surface area contributed by atoms with Crippen LogP contribution in [-0.2, 0) is 5.41 Å². The Morgan fingerprint density at radius 3 is 2.03 bits per heavy atom. The van der Waals surface area contributed by atoms with Gasteiger partial charge in [0, 0.05) is 16.0 Å². The number of hydrogen-bond acceptors (Lipinski definition) is 6. The molecule has 0 saturated heterocycles. The normalized spacial score (nSPS) is 13.9. The molecule has 9 heteroatoms. The Labute approximate surface area is 186 Å². The second-order valence-electron chi connectivity index (χ2n) is 7.63. The first kappa shape index (κ1) is 20.6. The number of rotatable bonds is 1. The monoisotopic (exact) mass is 488 g/mol. The molecule has 0 unspecified atom stereocenters. The summed E-state index contributed by atoms with van der Waals surface area (Å²) in [5.41, 5.74) is 0.223. The van der Waals surface area contributed by atoms with Crippen LogP contribution in [0, 0.1) is 0 Å². The molecule has 30 heavy (non-hydrogen) atoms. The van der Waals surface area contributed by atoms with Crippen molar-refractivity contribution in [2.24, 2.45) is 0 Å². The van der Waals surface area contributed by atoms with Crippen molar-refractivity contribution in [1.82, 2.24) is 0 Å². The van der Waals surface area contributed by atoms with Crippen LogP contribution in [0.3, 0.4) is 0 Å². The highest BCUT2D eigenvalue weighted by Crippen LogP contribution is 2.62. The molecule has 6 nitrogen and oxygen atoms in total. The summed E-state index contributed by atoms with van der Waals surface area (Å²) in [6, 6.07) is 5.14. The maximum Gasteiger partial charge on any atom is 0.200 e. The first-order valence-electron chi connectivity index (χ1n) is 8.75. The van der Waals surface area contributed by atoms with Gasteiger partial charge in [0.15, 0.2) is 11.5 Å². The Balaban J connectivity index is 2.19. The van der Waals surface area contributed by atoms with Gasteiger partial charge in [-0.05, 0) is 50.2 Å². The lowest BCUT2D eigenvalue weighted by Crippen LogP contribution is -2.16. The number of benzene rings is 3. The van der Waals surface area contributed by atoms with Gasteiger partial charge >= 0.3 is 0 Å². The van der Waals surface area contributed by atoms with Gasteiger partial charge < -0.3 is 30.6 Å². The average molecular weight is 490 g/mol. The maximum absolute atomic E-state index is 11.2. The number of aromatic hydroxyl groups is 6. The van der Waals surface area contributed by atoms with Crippen LogP contribution >= 0.6 is 27.5 Å². The van der Waals surface area contributed by atoms with Crippen molar-refractivity contribution in [2.45, 2.75) is 19.3 Å². The van der Waals surface area contributed by atoms with E-state index < -0.39 is 50.9 Å². The zero-order chi connectivity index (χ0) is 22.3. The Bertz CT molecular complexity index is 1240. The molecule has 0 heterocycles. The van der Waals surface area contributed by atoms with Crippen molar-refractivity contribution in [1.29, 1.82) is 0 Å². The number of fused-ring (bicyclic) bond motifs is 3. The largest absolute Gasteiger partial charge is 0.508 e. The summed E-state index contributed by atoms with van der Waals surface area (Å²) >= 11 is 9.53. The van der Waals surface area contributed by atoms with E-state index in [0.29, 0.717) is 21.7 Å². The molecule has 0 aromatic heterocycles. The van der Waals surface area contributed by atoms with Crippen LogP contribution in [0.4, 0.5) is 0 Å². The quantitative estimate of drug-likeness (QED) is 0.174. The van der Waals surface area contributed by atoms with Crippen molar-refractivity contribution in [2.75, 3.05) is 0 Å². The highest BCUT2D eigenvalue weighted by atomic mass is 79.9. The third kappa shape index (κ3) is 2.44. The van der Waals surface area contributed by atoms with Crippen molar-refractivity contribution < 1.29 is 30.6 Å². The van der Waals surface area contributed by atoms with Gasteiger partial charge in [-0.2, -0.15) is 0 Å². The van der Waals surface area contributed by atoms with Crippen LogP contribution in [-0.4, -0.2) is 38.5 Å². The third-order valence-electron chi connectivity index (χ3n) is 5.62. The van der Waals surface area contributed by atoms with Gasteiger partial charge in [-0.25, -0.2) is 0 Å². The molecule has 6 N–H and O–H groups in total. The topological polar surface area (TPSA) is 121 Å². The van der Waals surface area contributed by atoms with E-state index >= 15 is 0 Å². The SMILES string of the molecule is [B]c1c(O)c(O)c(O)c(-c2c(O)c(Br)c3c(c2O)-c2ccc(Cl)cc2C3(C)C)c1O. The fourth-order valence-corrected chi connectivity index (χ4v) is 5.18. The van der Waals surface area contributed by atoms with Crippen LogP contribution in [0.1, 0.15) is 25.0 Å². The molecule has 0 bridgehead atoms. The first-order chi connectivity index (χ1) is 13.9. The van der Waals surface area contributed by atoms with Crippen LogP contribution in [0.25, 0.3) is 22.3 Å². The zero-order valence-electron chi connectivity index (χ0n) is 15.7. The van der Waals surface area contributed by atoms with E-state index in [-0.39, 0.29) is 10.0 Å². The lowest BCUT2D eigenvalue weighted by molar-refractivity contribution is 0.365. The van der Waals surface area contributed by atoms with Crippen molar-refractivity contribution in [3.63, 3.8) is 0 Å². The van der Waals surface area contributed by atoms with E-state index in [9.17, 15) is 30.6 Å². The minimum absolute atomic E-state index is 0.215. The first-order valence-corrected chi connectivity index (χ1v) is 9.92. The lowest BCUT2D eigenvalue weighted by atomic mass is 9.81. The maximum atomic E-state index is 11.2. The zero-order valence-corrected chi connectivity index (χ0v) is 18.1. The standard InChI is InChI=1S/C21H15BBrClO6/c1-21(2)8-5-6(24)3-4-7(8)9-12(21)14(23)17(27)10(15(9)25)11-16(26)13(22)19(29)20(30)18(11)28/h3-5,25-30H,1-2H3. The van der Waals surface area contributed by atoms with Crippen molar-refractivity contribution in [3.8, 4) is 56.8 Å². The van der Waals surface area contributed by atoms with E-state index in [0.717, 1.165) is 5.56 Å². The fraction of sp³-hybridized carbons (Fsp3) is 0.143. The summed E-state index contributed by atoms with van der Waals surface area (Å²) in [7, 11) is 5.62. The summed E-state index contributed by atoms with van der Waals surface area (Å²) < 4.78 is 0.215. The third-order valence-corrected chi connectivity index (χ3v) is 6.63. The van der Waals surface area contributed by atoms with Gasteiger partial charge in [0.2, 0.25) is 5.75 Å². The molecule has 2 radical (unpaired) electrons. The van der Waals surface area contributed by atoms with Crippen molar-refractivity contribution in [3.05, 3.63) is 38.8 Å². The van der Waals surface area contributed by atoms with Gasteiger partial charge in [0.1, 0.15) is 25.1 Å². The van der Waals surface area contributed by atoms with Gasteiger partial charge in [0.25, 0.3) is 0 Å². The molecule has 4 rings (SSSR count). The molecule has 0 spiro atoms. The molecule has 0 aliphatic heterocycles. The molecular weight excluding hydrogens is 474 g/mol. The van der Waals surface area contributed by atoms with Crippen LogP contribution in [0.15, 0.2) is 22.7 Å². The average Bonchev–Trinajstić information content (AvgIpc) is 2.93. The van der Waals surface area contributed by atoms with Gasteiger partial charge in [-0.15, -0.1) is 0 Å². The minimum Gasteiger partial charge on any atom is -0.508 e. The number of halogens is 2. The Morgan fingerprint density at radius 1 is 0.800 bits per heavy atom. The van der Waals surface area contributed by atoms with E-state index in [4.69, 9.17) is 19.4 Å². The molecule has 0 fully saturated rings. The molecular formula is C21H15BBrClO6. The molecule has 3 aromatic rings. The highest BCUT2D eigenvalue weighted by molar-refractivity contribution is 9.10. The summed E-state index contributed by atoms with van der Waals surface area (Å²) in [4.78, 5) is 0. The van der Waals surface area contributed by atoms with E-state index in [1.165, 1.54) is 0 Å². The van der Waals surface area contributed by atoms with E-state index in [1.54, 1.807) is 18.2 Å². The molecule has 0 amide bonds. The number of hydrogen-bond donors (Lipinski definition) is 6. The minimum atomic E-state index is -0.997. The summed E-state index contributed by atoms with van der Waals surface area (Å²) in [5, 5.41) is 63.2. The Kier molecular flexibility index (Phi) is 4.38. The predicted molar refractivity (Wildman–Crippen MR) is 118 cm³/mol. The highest BCUT2D eigenvalue weighted by Gasteiger charge is 2.42. The van der Waals surface area contributed by atoms with Gasteiger partial charge in [-0.1, -0.05) is 31.5 Å². The summed E-state index contributed by atoms with van der Waals surface area (Å²) in [6.45, 7) is 3.80. The fourth-order valence-electron chi connectivity index (χ4n) is 4.12. The summed E-state index contributed by atoms with van der Waals surface area (Å²) in [5.74, 6) is -4.63. The van der Waals surface area contributed by atoms with Gasteiger partial charge in [-0.3, -0.25) is 0 Å². The molecule has 152 valence electrons. The molecule has 0 atom stereocenters. The number of phenolic OH excluding ortho intramolecular Hbond substituents is 6. The second kappa shape index (κ2) is 6.39. The summed E-state index contributed by atoms with van der Waals surface area (Å²) in [6.07, 6.45) is 0. The van der Waals surface area contributed by atoms with Crippen molar-refractivity contribution >= 4 is 40.8 Å². The molecule has 0 saturated carbocycles. The molecule has 3 aromatic carbocycles. The second-order valence-corrected chi connectivity index (χ2v) is 8.86. The van der Waals surface area contributed by atoms with Crippen LogP contribution < -0.4 is 5.46 Å². The lowest BCUT2D eigenvalue weighted by Gasteiger charge is -2.25. The molecule has 1 aliphatic carbocycles. The smallest absolute Gasteiger partial charge is 0.200 e. The molecule has 1 aliphatic rings. The predicted octanol–water partition coefficient (Wildman–Crippen LogP) is 4.10. The van der Waals surface area contributed by atoms with E-state index in [2.05, 4.69) is 15.9 Å². The van der Waals surface area contributed by atoms with Gasteiger partial charge in [0.05, 0.1) is 15.6 Å². The van der Waals surface area contributed by atoms with Crippen LogP contribution in [0.5, 0.6) is 34.5 Å². The van der Waals surface area contributed by atoms with Crippen LogP contribution in [0.2, 0.25) is 5.02 Å². The Morgan fingerprint density at radius 2 is 1.40 bits per heavy atom. The number of phenols is 6. The van der Waals surface area contributed by atoms with E-state index in [1.807, 2.05) is 13.8 Å². The Hall–Kier alpha value is -2.71.